The van der Waals surface area contributed by atoms with Crippen LogP contribution in [0.1, 0.15) is 76.3 Å². The van der Waals surface area contributed by atoms with Gasteiger partial charge in [0.25, 0.3) is 0 Å². The first kappa shape index (κ1) is 30.8. The van der Waals surface area contributed by atoms with Gasteiger partial charge in [-0.2, -0.15) is 13.2 Å². The first-order chi connectivity index (χ1) is 16.5. The van der Waals surface area contributed by atoms with Crippen molar-refractivity contribution in [2.24, 2.45) is 5.41 Å². The zero-order valence-electron chi connectivity index (χ0n) is 21.4. The van der Waals surface area contributed by atoms with E-state index in [0.717, 1.165) is 48.9 Å². The van der Waals surface area contributed by atoms with Crippen molar-refractivity contribution in [2.45, 2.75) is 79.4 Å². The highest BCUT2D eigenvalue weighted by Gasteiger charge is 2.30. The van der Waals surface area contributed by atoms with Crippen molar-refractivity contribution in [3.8, 4) is 0 Å². The molecule has 0 aliphatic carbocycles. The Balaban J connectivity index is 0.000000461. The molecule has 1 fully saturated rings. The Morgan fingerprint density at radius 1 is 1.17 bits per heavy atom. The lowest BCUT2D eigenvalue weighted by atomic mass is 9.83. The van der Waals surface area contributed by atoms with Crippen LogP contribution in [0.25, 0.3) is 0 Å². The first-order valence-electron chi connectivity index (χ1n) is 12.0. The van der Waals surface area contributed by atoms with Crippen molar-refractivity contribution in [3.63, 3.8) is 0 Å². The first-order valence-corrected chi connectivity index (χ1v) is 12.4. The molecule has 1 aliphatic heterocycles. The smallest absolute Gasteiger partial charge is 0.366 e. The van der Waals surface area contributed by atoms with Crippen molar-refractivity contribution >= 4 is 23.7 Å². The van der Waals surface area contributed by atoms with Crippen LogP contribution in [-0.2, 0) is 30.4 Å². The number of anilines is 1. The van der Waals surface area contributed by atoms with Crippen LogP contribution < -0.4 is 10.6 Å². The maximum Gasteiger partial charge on any atom is 0.416 e. The minimum absolute atomic E-state index is 0.141. The molecule has 2 aromatic rings. The molecule has 0 amide bonds. The highest BCUT2D eigenvalue weighted by atomic mass is 35.5. The number of rotatable bonds is 6. The topological polar surface area (TPSA) is 66.9 Å². The molecular weight excluding hydrogens is 477 g/mol. The van der Waals surface area contributed by atoms with Crippen LogP contribution in [0, 0.1) is 5.41 Å². The summed E-state index contributed by atoms with van der Waals surface area (Å²) in [5, 5.41) is 6.58. The van der Waals surface area contributed by atoms with Gasteiger partial charge < -0.3 is 15.4 Å². The van der Waals surface area contributed by atoms with Crippen LogP contribution in [0.15, 0.2) is 24.3 Å². The van der Waals surface area contributed by atoms with Gasteiger partial charge in [0, 0.05) is 12.1 Å². The van der Waals surface area contributed by atoms with E-state index >= 15 is 0 Å². The summed E-state index contributed by atoms with van der Waals surface area (Å²) in [5.74, 6) is 0.582. The predicted molar refractivity (Wildman–Crippen MR) is 137 cm³/mol. The van der Waals surface area contributed by atoms with Gasteiger partial charge in [0.05, 0.1) is 11.3 Å². The summed E-state index contributed by atoms with van der Waals surface area (Å²) in [4.78, 5) is 17.3. The normalized spacial score (nSPS) is 14.7. The lowest BCUT2D eigenvalue weighted by Crippen LogP contribution is -2.32. The molecule has 5 nitrogen and oxygen atoms in total. The van der Waals surface area contributed by atoms with Gasteiger partial charge in [0.1, 0.15) is 12.1 Å². The number of hydrogen-bond acceptors (Lipinski definition) is 5. The highest BCUT2D eigenvalue weighted by Crippen LogP contribution is 2.30. The number of piperidine rings is 1. The molecule has 0 atom stereocenters. The van der Waals surface area contributed by atoms with E-state index in [9.17, 15) is 13.2 Å². The summed E-state index contributed by atoms with van der Waals surface area (Å²) in [6, 6.07) is 5.23. The second kappa shape index (κ2) is 15.0. The van der Waals surface area contributed by atoms with E-state index < -0.39 is 11.7 Å². The summed E-state index contributed by atoms with van der Waals surface area (Å²) in [6.07, 6.45) is 1.51. The fourth-order valence-electron chi connectivity index (χ4n) is 3.61. The van der Waals surface area contributed by atoms with E-state index in [1.165, 1.54) is 38.9 Å². The SMILES string of the molecule is CC1(C)CCNCC1.CC=O.CCCc1nc(Cl)nc(NCc2cccc(C(F)(F)F)c2)c1CC. The van der Waals surface area contributed by atoms with Crippen molar-refractivity contribution in [1.29, 1.82) is 0 Å². The molecule has 196 valence electrons. The van der Waals surface area contributed by atoms with Gasteiger partial charge in [-0.3, -0.25) is 0 Å². The van der Waals surface area contributed by atoms with Gasteiger partial charge >= 0.3 is 6.18 Å². The van der Waals surface area contributed by atoms with Crippen molar-refractivity contribution in [3.05, 3.63) is 51.9 Å². The zero-order valence-corrected chi connectivity index (χ0v) is 22.1. The third-order valence-corrected chi connectivity index (χ3v) is 5.75. The summed E-state index contributed by atoms with van der Waals surface area (Å²) < 4.78 is 38.3. The maximum absolute atomic E-state index is 12.8. The average molecular weight is 515 g/mol. The molecule has 1 aromatic heterocycles. The number of nitrogens with one attached hydrogen (secondary N) is 2. The second-order valence-corrected chi connectivity index (χ2v) is 9.41. The van der Waals surface area contributed by atoms with Gasteiger partial charge in [-0.25, -0.2) is 9.97 Å². The predicted octanol–water partition coefficient (Wildman–Crippen LogP) is 6.88. The van der Waals surface area contributed by atoms with Crippen LogP contribution >= 0.6 is 11.6 Å². The van der Waals surface area contributed by atoms with E-state index in [-0.39, 0.29) is 11.8 Å². The second-order valence-electron chi connectivity index (χ2n) is 9.07. The number of carbonyl (C=O) groups is 1. The summed E-state index contributed by atoms with van der Waals surface area (Å²) in [5.41, 5.74) is 2.31. The van der Waals surface area contributed by atoms with E-state index in [0.29, 0.717) is 16.8 Å². The molecule has 2 N–H and O–H groups in total. The Labute approximate surface area is 212 Å². The van der Waals surface area contributed by atoms with Crippen LogP contribution in [-0.4, -0.2) is 29.3 Å². The van der Waals surface area contributed by atoms with Crippen LogP contribution in [0.5, 0.6) is 0 Å². The molecule has 3 rings (SSSR count). The molecular formula is C26H38ClF3N4O. The Kier molecular flexibility index (Phi) is 13.3. The summed E-state index contributed by atoms with van der Waals surface area (Å²) in [6.45, 7) is 12.8. The molecule has 2 heterocycles. The molecule has 0 unspecified atom stereocenters. The highest BCUT2D eigenvalue weighted by molar-refractivity contribution is 6.28. The van der Waals surface area contributed by atoms with Gasteiger partial charge in [0.15, 0.2) is 0 Å². The van der Waals surface area contributed by atoms with Gasteiger partial charge in [-0.15, -0.1) is 0 Å². The van der Waals surface area contributed by atoms with E-state index in [4.69, 9.17) is 16.4 Å². The minimum atomic E-state index is -4.35. The van der Waals surface area contributed by atoms with Crippen molar-refractivity contribution in [1.82, 2.24) is 15.3 Å². The van der Waals surface area contributed by atoms with E-state index in [1.54, 1.807) is 6.07 Å². The molecule has 9 heteroatoms. The Morgan fingerprint density at radius 3 is 2.29 bits per heavy atom. The van der Waals surface area contributed by atoms with Crippen LogP contribution in [0.3, 0.4) is 0 Å². The summed E-state index contributed by atoms with van der Waals surface area (Å²) >= 11 is 5.97. The fraction of sp³-hybridized carbons (Fsp3) is 0.577. The lowest BCUT2D eigenvalue weighted by molar-refractivity contribution is -0.137. The van der Waals surface area contributed by atoms with Crippen molar-refractivity contribution < 1.29 is 18.0 Å². The number of nitrogens with zero attached hydrogens (tertiary/aromatic N) is 2. The third kappa shape index (κ3) is 11.4. The van der Waals surface area contributed by atoms with Crippen LogP contribution in [0.2, 0.25) is 5.28 Å². The molecule has 0 spiro atoms. The number of benzene rings is 1. The van der Waals surface area contributed by atoms with Gasteiger partial charge in [0.2, 0.25) is 5.28 Å². The molecule has 1 aliphatic rings. The molecule has 35 heavy (non-hydrogen) atoms. The summed E-state index contributed by atoms with van der Waals surface area (Å²) in [7, 11) is 0. The standard InChI is InChI=1S/C17H19ClF3N3.C7H15N.C2H4O/c1-3-6-14-13(4-2)15(24-16(18)23-14)22-10-11-7-5-8-12(9-11)17(19,20)21;1-7(2)3-5-8-6-4-7;1-2-3/h5,7-9H,3-4,6,10H2,1-2H3,(H,22,23,24);8H,3-6H2,1-2H3;2H,1H3. The number of aryl methyl sites for hydroxylation is 1. The number of alkyl halides is 3. The largest absolute Gasteiger partial charge is 0.416 e. The monoisotopic (exact) mass is 514 g/mol. The Hall–Kier alpha value is -2.19. The number of aromatic nitrogens is 2. The van der Waals surface area contributed by atoms with Gasteiger partial charge in [-0.05, 0) is 80.4 Å². The van der Waals surface area contributed by atoms with Crippen molar-refractivity contribution in [2.75, 3.05) is 18.4 Å². The molecule has 0 radical (unpaired) electrons. The van der Waals surface area contributed by atoms with E-state index in [2.05, 4.69) is 34.4 Å². The van der Waals surface area contributed by atoms with Crippen LogP contribution in [0.4, 0.5) is 19.0 Å². The number of hydrogen-bond donors (Lipinski definition) is 2. The third-order valence-electron chi connectivity index (χ3n) is 5.58. The Morgan fingerprint density at radius 2 is 1.80 bits per heavy atom. The lowest BCUT2D eigenvalue weighted by Gasteiger charge is -2.29. The quantitative estimate of drug-likeness (QED) is 0.325. The minimum Gasteiger partial charge on any atom is -0.366 e. The number of carbonyl (C=O) groups excluding carboxylic acids is 1. The van der Waals surface area contributed by atoms with E-state index in [1.807, 2.05) is 13.8 Å². The fourth-order valence-corrected chi connectivity index (χ4v) is 3.80. The molecule has 1 saturated heterocycles. The average Bonchev–Trinajstić information content (AvgIpc) is 2.78. The molecule has 0 bridgehead atoms. The number of halogens is 4. The molecule has 1 aromatic carbocycles. The van der Waals surface area contributed by atoms with Gasteiger partial charge in [-0.1, -0.05) is 46.2 Å². The number of aldehydes is 1. The zero-order chi connectivity index (χ0) is 26.5. The maximum atomic E-state index is 12.8. The Bertz CT molecular complexity index is 912. The molecule has 0 saturated carbocycles.